The van der Waals surface area contributed by atoms with E-state index in [0.29, 0.717) is 52.1 Å². The van der Waals surface area contributed by atoms with Crippen LogP contribution in [0.15, 0.2) is 133 Å². The van der Waals surface area contributed by atoms with Gasteiger partial charge in [-0.1, -0.05) is 127 Å². The summed E-state index contributed by atoms with van der Waals surface area (Å²) in [5.74, 6) is 3.29. The quantitative estimate of drug-likeness (QED) is 0.193. The minimum Gasteiger partial charge on any atom is -0.339 e. The summed E-state index contributed by atoms with van der Waals surface area (Å²) >= 11 is 0. The zero-order valence-electron chi connectivity index (χ0n) is 26.2. The second-order valence-corrected chi connectivity index (χ2v) is 11.6. The summed E-state index contributed by atoms with van der Waals surface area (Å²) < 4.78 is 0. The first kappa shape index (κ1) is 28.5. The van der Waals surface area contributed by atoms with E-state index in [1.807, 2.05) is 109 Å². The fraction of sp³-hybridized carbons (Fsp3) is 0.0500. The Balaban J connectivity index is 1.32. The number of aromatic nitrogens is 9. The van der Waals surface area contributed by atoms with Crippen LogP contribution in [0, 0.1) is 0 Å². The average molecular weight is 634 g/mol. The first-order chi connectivity index (χ1) is 24.3. The van der Waals surface area contributed by atoms with Gasteiger partial charge in [0.15, 0.2) is 29.1 Å². The third-order valence-corrected chi connectivity index (χ3v) is 8.39. The Morgan fingerprint density at radius 3 is 1.55 bits per heavy atom. The van der Waals surface area contributed by atoms with Crippen LogP contribution >= 0.6 is 0 Å². The molecule has 1 aliphatic carbocycles. The third kappa shape index (κ3) is 5.43. The van der Waals surface area contributed by atoms with Crippen LogP contribution in [0.2, 0.25) is 0 Å². The summed E-state index contributed by atoms with van der Waals surface area (Å²) in [6, 6.07) is 37.7. The summed E-state index contributed by atoms with van der Waals surface area (Å²) in [7, 11) is 0. The first-order valence-corrected chi connectivity index (χ1v) is 16.1. The highest BCUT2D eigenvalue weighted by Gasteiger charge is 2.23. The predicted octanol–water partition coefficient (Wildman–Crippen LogP) is 8.55. The van der Waals surface area contributed by atoms with Crippen LogP contribution in [-0.2, 0) is 0 Å². The molecule has 0 atom stereocenters. The van der Waals surface area contributed by atoms with Gasteiger partial charge in [0, 0.05) is 33.2 Å². The molecular weight excluding hydrogens is 607 g/mol. The molecule has 0 fully saturated rings. The SMILES string of the molecule is C1=CC(c2nc(-c3ccccc3)nc(-c3nc(-c4nc(-c5ccccc5)nc(-c5ccccc5)n4)nc4[nH]c5ccccc5c34)n2)=CCC1. The van der Waals surface area contributed by atoms with Crippen molar-refractivity contribution in [3.63, 3.8) is 0 Å². The van der Waals surface area contributed by atoms with Crippen molar-refractivity contribution in [2.75, 3.05) is 0 Å². The normalized spacial score (nSPS) is 12.8. The van der Waals surface area contributed by atoms with Gasteiger partial charge in [0.2, 0.25) is 11.6 Å². The minimum atomic E-state index is 0.325. The Hall–Kier alpha value is -6.74. The molecule has 232 valence electrons. The molecule has 0 saturated heterocycles. The maximum absolute atomic E-state index is 5.18. The van der Waals surface area contributed by atoms with Crippen LogP contribution in [0.4, 0.5) is 0 Å². The van der Waals surface area contributed by atoms with Crippen molar-refractivity contribution in [3.8, 4) is 57.3 Å². The van der Waals surface area contributed by atoms with Gasteiger partial charge in [0.25, 0.3) is 0 Å². The molecule has 4 aromatic heterocycles. The lowest BCUT2D eigenvalue weighted by atomic mass is 10.1. The van der Waals surface area contributed by atoms with Gasteiger partial charge in [0.05, 0.1) is 5.39 Å². The maximum atomic E-state index is 5.18. The predicted molar refractivity (Wildman–Crippen MR) is 192 cm³/mol. The molecule has 0 unspecified atom stereocenters. The van der Waals surface area contributed by atoms with Crippen molar-refractivity contribution in [1.82, 2.24) is 44.9 Å². The highest BCUT2D eigenvalue weighted by Crippen LogP contribution is 2.34. The van der Waals surface area contributed by atoms with E-state index in [1.54, 1.807) is 0 Å². The van der Waals surface area contributed by atoms with E-state index in [1.165, 1.54) is 0 Å². The Morgan fingerprint density at radius 2 is 0.939 bits per heavy atom. The van der Waals surface area contributed by atoms with Crippen molar-refractivity contribution in [2.45, 2.75) is 12.8 Å². The highest BCUT2D eigenvalue weighted by atomic mass is 15.1. The number of H-pyrrole nitrogens is 1. The van der Waals surface area contributed by atoms with Gasteiger partial charge in [0.1, 0.15) is 11.3 Å². The zero-order valence-corrected chi connectivity index (χ0v) is 26.2. The molecule has 9 rings (SSSR count). The number of fused-ring (bicyclic) bond motifs is 3. The monoisotopic (exact) mass is 633 g/mol. The topological polar surface area (TPSA) is 119 Å². The average Bonchev–Trinajstić information content (AvgIpc) is 3.57. The van der Waals surface area contributed by atoms with Crippen molar-refractivity contribution in [2.24, 2.45) is 0 Å². The molecule has 9 heteroatoms. The molecule has 0 bridgehead atoms. The number of hydrogen-bond acceptors (Lipinski definition) is 8. The van der Waals surface area contributed by atoms with Crippen LogP contribution in [0.5, 0.6) is 0 Å². The smallest absolute Gasteiger partial charge is 0.201 e. The summed E-state index contributed by atoms with van der Waals surface area (Å²) in [6.45, 7) is 0. The molecule has 49 heavy (non-hydrogen) atoms. The Labute approximate surface area is 281 Å². The number of nitrogens with zero attached hydrogens (tertiary/aromatic N) is 8. The van der Waals surface area contributed by atoms with E-state index in [0.717, 1.165) is 51.4 Å². The van der Waals surface area contributed by atoms with Crippen LogP contribution < -0.4 is 0 Å². The molecule has 0 aliphatic heterocycles. The van der Waals surface area contributed by atoms with Crippen LogP contribution in [-0.4, -0.2) is 44.9 Å². The van der Waals surface area contributed by atoms with E-state index < -0.39 is 0 Å². The lowest BCUT2D eigenvalue weighted by Crippen LogP contribution is -2.06. The van der Waals surface area contributed by atoms with E-state index in [-0.39, 0.29) is 0 Å². The van der Waals surface area contributed by atoms with Crippen molar-refractivity contribution < 1.29 is 0 Å². The van der Waals surface area contributed by atoms with E-state index in [2.05, 4.69) is 29.3 Å². The number of para-hydroxylation sites is 1. The van der Waals surface area contributed by atoms with E-state index in [9.17, 15) is 0 Å². The second kappa shape index (κ2) is 12.1. The van der Waals surface area contributed by atoms with E-state index >= 15 is 0 Å². The molecule has 0 radical (unpaired) electrons. The van der Waals surface area contributed by atoms with Crippen LogP contribution in [0.25, 0.3) is 84.8 Å². The summed E-state index contributed by atoms with van der Waals surface area (Å²) in [4.78, 5) is 43.4. The molecular formula is C40H27N9. The fourth-order valence-electron chi connectivity index (χ4n) is 6.02. The molecule has 4 heterocycles. The summed E-state index contributed by atoms with van der Waals surface area (Å²) in [5, 5.41) is 1.77. The number of benzene rings is 4. The molecule has 0 spiro atoms. The maximum Gasteiger partial charge on any atom is 0.201 e. The molecule has 0 saturated carbocycles. The molecule has 9 nitrogen and oxygen atoms in total. The number of aromatic amines is 1. The van der Waals surface area contributed by atoms with Gasteiger partial charge in [-0.25, -0.2) is 39.9 Å². The van der Waals surface area contributed by atoms with Crippen LogP contribution in [0.1, 0.15) is 18.7 Å². The zero-order chi connectivity index (χ0) is 32.6. The van der Waals surface area contributed by atoms with Crippen molar-refractivity contribution in [1.29, 1.82) is 0 Å². The number of rotatable bonds is 6. The number of hydrogen-bond donors (Lipinski definition) is 1. The molecule has 4 aromatic carbocycles. The lowest BCUT2D eigenvalue weighted by Gasteiger charge is -2.12. The summed E-state index contributed by atoms with van der Waals surface area (Å²) in [5.41, 5.74) is 5.66. The van der Waals surface area contributed by atoms with Crippen LogP contribution in [0.3, 0.4) is 0 Å². The first-order valence-electron chi connectivity index (χ1n) is 16.1. The highest BCUT2D eigenvalue weighted by molar-refractivity contribution is 6.11. The standard InChI is InChI=1S/C40H27N9/c1-5-15-25(16-6-1)33-43-34(26-17-7-2-8-18-26)46-38(45-33)32-31-29-23-13-14-24-30(29)41-37(31)49-39(42-32)40-47-35(27-19-9-3-10-20-27)44-36(48-40)28-21-11-4-12-22-28/h1,3-7,9-24H,2,8H2,(H,41,42,49). The van der Waals surface area contributed by atoms with Gasteiger partial charge in [-0.2, -0.15) is 0 Å². The van der Waals surface area contributed by atoms with Gasteiger partial charge < -0.3 is 4.98 Å². The largest absolute Gasteiger partial charge is 0.339 e. The molecule has 1 aliphatic rings. The minimum absolute atomic E-state index is 0.325. The second-order valence-electron chi connectivity index (χ2n) is 11.6. The number of allylic oxidation sites excluding steroid dienone is 4. The van der Waals surface area contributed by atoms with Gasteiger partial charge in [-0.3, -0.25) is 0 Å². The fourth-order valence-corrected chi connectivity index (χ4v) is 6.02. The Kier molecular flexibility index (Phi) is 7.05. The van der Waals surface area contributed by atoms with Crippen molar-refractivity contribution >= 4 is 27.5 Å². The Bertz CT molecular complexity index is 2480. The lowest BCUT2D eigenvalue weighted by molar-refractivity contribution is 0.996. The summed E-state index contributed by atoms with van der Waals surface area (Å²) in [6.07, 6.45) is 8.30. The Morgan fingerprint density at radius 1 is 0.429 bits per heavy atom. The number of nitrogens with one attached hydrogen (secondary N) is 1. The molecule has 8 aromatic rings. The van der Waals surface area contributed by atoms with Gasteiger partial charge in [-0.15, -0.1) is 0 Å². The molecule has 0 amide bonds. The third-order valence-electron chi connectivity index (χ3n) is 8.39. The molecule has 1 N–H and O–H groups in total. The van der Waals surface area contributed by atoms with Gasteiger partial charge in [-0.05, 0) is 18.9 Å². The van der Waals surface area contributed by atoms with Crippen molar-refractivity contribution in [3.05, 3.63) is 139 Å². The van der Waals surface area contributed by atoms with Gasteiger partial charge >= 0.3 is 0 Å². The van der Waals surface area contributed by atoms with E-state index in [4.69, 9.17) is 39.9 Å².